The van der Waals surface area contributed by atoms with Gasteiger partial charge in [-0.15, -0.1) is 10.2 Å². The van der Waals surface area contributed by atoms with Gasteiger partial charge in [-0.05, 0) is 63.0 Å². The van der Waals surface area contributed by atoms with E-state index in [4.69, 9.17) is 0 Å². The molecule has 2 saturated heterocycles. The quantitative estimate of drug-likeness (QED) is 0.622. The maximum Gasteiger partial charge on any atom is 0.233 e. The van der Waals surface area contributed by atoms with Crippen molar-refractivity contribution in [3.05, 3.63) is 35.9 Å². The maximum absolute atomic E-state index is 13.5. The Morgan fingerprint density at radius 1 is 0.871 bits per heavy atom. The molecule has 2 aliphatic rings. The van der Waals surface area contributed by atoms with Crippen LogP contribution in [0.2, 0.25) is 0 Å². The summed E-state index contributed by atoms with van der Waals surface area (Å²) in [7, 11) is 0. The van der Waals surface area contributed by atoms with Crippen LogP contribution in [-0.2, 0) is 11.3 Å². The fourth-order valence-corrected chi connectivity index (χ4v) is 5.25. The summed E-state index contributed by atoms with van der Waals surface area (Å²) in [6.07, 6.45) is 9.54. The van der Waals surface area contributed by atoms with Gasteiger partial charge in [0.05, 0.1) is 12.3 Å². The second-order valence-electron chi connectivity index (χ2n) is 8.48. The summed E-state index contributed by atoms with van der Waals surface area (Å²) in [6.45, 7) is 4.54. The second-order valence-corrected chi connectivity index (χ2v) is 9.43. The van der Waals surface area contributed by atoms with Crippen molar-refractivity contribution >= 4 is 17.7 Å². The monoisotopic (exact) mass is 445 g/mol. The summed E-state index contributed by atoms with van der Waals surface area (Å²) in [5.74, 6) is 1.09. The van der Waals surface area contributed by atoms with Crippen LogP contribution in [0, 0.1) is 5.82 Å². The zero-order valence-corrected chi connectivity index (χ0v) is 19.0. The number of rotatable bonds is 6. The number of benzene rings is 1. The summed E-state index contributed by atoms with van der Waals surface area (Å²) in [5.41, 5.74) is 0.833. The molecule has 0 spiro atoms. The van der Waals surface area contributed by atoms with E-state index in [0.717, 1.165) is 50.5 Å². The lowest BCUT2D eigenvalue weighted by Gasteiger charge is -2.26. The van der Waals surface area contributed by atoms with E-state index in [0.29, 0.717) is 17.5 Å². The van der Waals surface area contributed by atoms with Gasteiger partial charge in [0.15, 0.2) is 11.0 Å². The first-order chi connectivity index (χ1) is 15.2. The predicted octanol–water partition coefficient (Wildman–Crippen LogP) is 4.28. The molecule has 2 aromatic rings. The third-order valence-electron chi connectivity index (χ3n) is 6.13. The standard InChI is InChI=1S/C23H32FN5OS/c24-19-9-11-20(12-10-19)29-21(17-27-13-5-4-6-14-27)25-26-23(29)31-18-22(30)28-15-7-2-1-3-8-16-28/h9-12H,1-8,13-18H2. The van der Waals surface area contributed by atoms with Gasteiger partial charge in [-0.25, -0.2) is 4.39 Å². The molecule has 3 heterocycles. The number of aromatic nitrogens is 3. The van der Waals surface area contributed by atoms with Crippen molar-refractivity contribution in [1.29, 1.82) is 0 Å². The third-order valence-corrected chi connectivity index (χ3v) is 7.05. The zero-order chi connectivity index (χ0) is 21.5. The van der Waals surface area contributed by atoms with Gasteiger partial charge < -0.3 is 4.90 Å². The molecule has 0 unspecified atom stereocenters. The minimum Gasteiger partial charge on any atom is -0.342 e. The van der Waals surface area contributed by atoms with Crippen LogP contribution in [0.3, 0.4) is 0 Å². The molecule has 0 N–H and O–H groups in total. The smallest absolute Gasteiger partial charge is 0.233 e. The lowest BCUT2D eigenvalue weighted by Crippen LogP contribution is -2.35. The predicted molar refractivity (Wildman–Crippen MR) is 121 cm³/mol. The maximum atomic E-state index is 13.5. The van der Waals surface area contributed by atoms with Crippen LogP contribution < -0.4 is 0 Å². The lowest BCUT2D eigenvalue weighted by atomic mass is 10.1. The molecule has 0 radical (unpaired) electrons. The molecule has 31 heavy (non-hydrogen) atoms. The van der Waals surface area contributed by atoms with Gasteiger partial charge >= 0.3 is 0 Å². The molecule has 8 heteroatoms. The molecular weight excluding hydrogens is 413 g/mol. The van der Waals surface area contributed by atoms with E-state index in [1.807, 2.05) is 9.47 Å². The molecular formula is C23H32FN5OS. The van der Waals surface area contributed by atoms with Gasteiger partial charge in [0.2, 0.25) is 5.91 Å². The Kier molecular flexibility index (Phi) is 7.97. The number of carbonyl (C=O) groups excluding carboxylic acids is 1. The zero-order valence-electron chi connectivity index (χ0n) is 18.1. The number of thioether (sulfide) groups is 1. The summed E-state index contributed by atoms with van der Waals surface area (Å²) < 4.78 is 15.5. The Balaban J connectivity index is 1.49. The molecule has 4 rings (SSSR count). The van der Waals surface area contributed by atoms with Gasteiger partial charge in [0.1, 0.15) is 5.82 Å². The molecule has 6 nitrogen and oxygen atoms in total. The van der Waals surface area contributed by atoms with Crippen LogP contribution in [0.4, 0.5) is 4.39 Å². The number of amides is 1. The Labute approximate surface area is 188 Å². The Hall–Kier alpha value is -1.93. The van der Waals surface area contributed by atoms with Gasteiger partial charge in [-0.1, -0.05) is 37.4 Å². The fraction of sp³-hybridized carbons (Fsp3) is 0.609. The fourth-order valence-electron chi connectivity index (χ4n) is 4.38. The van der Waals surface area contributed by atoms with E-state index in [9.17, 15) is 9.18 Å². The number of piperidine rings is 1. The van der Waals surface area contributed by atoms with Crippen LogP contribution >= 0.6 is 11.8 Å². The molecule has 0 atom stereocenters. The topological polar surface area (TPSA) is 54.3 Å². The largest absolute Gasteiger partial charge is 0.342 e. The number of likely N-dealkylation sites (tertiary alicyclic amines) is 2. The second kappa shape index (κ2) is 11.1. The van der Waals surface area contributed by atoms with Crippen LogP contribution in [0.5, 0.6) is 0 Å². The third kappa shape index (κ3) is 6.07. The molecule has 0 aliphatic carbocycles. The number of hydrogen-bond donors (Lipinski definition) is 0. The minimum atomic E-state index is -0.268. The van der Waals surface area contributed by atoms with E-state index < -0.39 is 0 Å². The van der Waals surface area contributed by atoms with E-state index >= 15 is 0 Å². The summed E-state index contributed by atoms with van der Waals surface area (Å²) in [6, 6.07) is 6.42. The first-order valence-electron chi connectivity index (χ1n) is 11.5. The summed E-state index contributed by atoms with van der Waals surface area (Å²) in [4.78, 5) is 17.2. The van der Waals surface area contributed by atoms with Crippen molar-refractivity contribution in [3.63, 3.8) is 0 Å². The normalized spacial score (nSPS) is 18.5. The SMILES string of the molecule is O=C(CSc1nnc(CN2CCCCC2)n1-c1ccc(F)cc1)N1CCCCCCC1. The van der Waals surface area contributed by atoms with Gasteiger partial charge in [-0.3, -0.25) is 14.3 Å². The molecule has 168 valence electrons. The van der Waals surface area contributed by atoms with Crippen LogP contribution in [-0.4, -0.2) is 62.4 Å². The number of hydrogen-bond acceptors (Lipinski definition) is 5. The van der Waals surface area contributed by atoms with Crippen molar-refractivity contribution in [2.24, 2.45) is 0 Å². The lowest BCUT2D eigenvalue weighted by molar-refractivity contribution is -0.128. The highest BCUT2D eigenvalue weighted by atomic mass is 32.2. The summed E-state index contributed by atoms with van der Waals surface area (Å²) in [5, 5.41) is 9.57. The van der Waals surface area contributed by atoms with E-state index in [2.05, 4.69) is 15.1 Å². The first-order valence-corrected chi connectivity index (χ1v) is 12.5. The highest BCUT2D eigenvalue weighted by molar-refractivity contribution is 7.99. The molecule has 1 amide bonds. The van der Waals surface area contributed by atoms with E-state index in [1.165, 1.54) is 62.4 Å². The van der Waals surface area contributed by atoms with Crippen molar-refractivity contribution in [2.75, 3.05) is 31.9 Å². The number of nitrogens with zero attached hydrogens (tertiary/aromatic N) is 5. The number of carbonyl (C=O) groups is 1. The van der Waals surface area contributed by atoms with Crippen molar-refractivity contribution in [1.82, 2.24) is 24.6 Å². The first kappa shape index (κ1) is 22.3. The molecule has 1 aromatic carbocycles. The molecule has 0 bridgehead atoms. The van der Waals surface area contributed by atoms with E-state index in [1.54, 1.807) is 12.1 Å². The average molecular weight is 446 g/mol. The van der Waals surface area contributed by atoms with Crippen molar-refractivity contribution < 1.29 is 9.18 Å². The average Bonchev–Trinajstić information content (AvgIpc) is 3.15. The van der Waals surface area contributed by atoms with Crippen molar-refractivity contribution in [3.8, 4) is 5.69 Å². The molecule has 0 saturated carbocycles. The van der Waals surface area contributed by atoms with E-state index in [-0.39, 0.29) is 11.7 Å². The van der Waals surface area contributed by atoms with Crippen LogP contribution in [0.25, 0.3) is 5.69 Å². The van der Waals surface area contributed by atoms with Gasteiger partial charge in [0, 0.05) is 18.8 Å². The van der Waals surface area contributed by atoms with Crippen LogP contribution in [0.15, 0.2) is 29.4 Å². The van der Waals surface area contributed by atoms with Crippen LogP contribution in [0.1, 0.15) is 57.2 Å². The summed E-state index contributed by atoms with van der Waals surface area (Å²) >= 11 is 1.43. The molecule has 2 aliphatic heterocycles. The molecule has 1 aromatic heterocycles. The molecule has 2 fully saturated rings. The minimum absolute atomic E-state index is 0.165. The Morgan fingerprint density at radius 3 is 2.19 bits per heavy atom. The highest BCUT2D eigenvalue weighted by Crippen LogP contribution is 2.25. The Bertz CT molecular complexity index is 842. The Morgan fingerprint density at radius 2 is 1.48 bits per heavy atom. The highest BCUT2D eigenvalue weighted by Gasteiger charge is 2.21. The van der Waals surface area contributed by atoms with Crippen molar-refractivity contribution in [2.45, 2.75) is 63.1 Å². The van der Waals surface area contributed by atoms with Gasteiger partial charge in [-0.2, -0.15) is 0 Å². The van der Waals surface area contributed by atoms with Gasteiger partial charge in [0.25, 0.3) is 0 Å². The number of halogens is 1.